The Balaban J connectivity index is 1.58. The van der Waals surface area contributed by atoms with Crippen molar-refractivity contribution in [2.24, 2.45) is 17.3 Å². The molecule has 0 unspecified atom stereocenters. The van der Waals surface area contributed by atoms with Gasteiger partial charge in [0.1, 0.15) is 29.8 Å². The van der Waals surface area contributed by atoms with Crippen LogP contribution in [-0.2, 0) is 20.2 Å². The molecule has 1 aromatic heterocycles. The van der Waals surface area contributed by atoms with Gasteiger partial charge in [0.2, 0.25) is 11.8 Å². The molecule has 246 valence electrons. The summed E-state index contributed by atoms with van der Waals surface area (Å²) < 4.78 is 49.6. The summed E-state index contributed by atoms with van der Waals surface area (Å²) in [5.41, 5.74) is -1.43. The average Bonchev–Trinajstić information content (AvgIpc) is 3.46. The van der Waals surface area contributed by atoms with Crippen LogP contribution in [0.2, 0.25) is 0 Å². The van der Waals surface area contributed by atoms with E-state index in [-0.39, 0.29) is 30.3 Å². The van der Waals surface area contributed by atoms with Gasteiger partial charge in [0.25, 0.3) is 5.92 Å². The molecule has 2 amide bonds. The van der Waals surface area contributed by atoms with Crippen LogP contribution in [0.3, 0.4) is 0 Å². The van der Waals surface area contributed by atoms with Gasteiger partial charge in [0, 0.05) is 24.3 Å². The number of ether oxygens (including phenoxy) is 3. The minimum Gasteiger partial charge on any atom is -0.494 e. The molecular weight excluding hydrogens is 586 g/mol. The number of fused-ring (bicyclic) bond motifs is 5. The van der Waals surface area contributed by atoms with Gasteiger partial charge in [-0.1, -0.05) is 34.1 Å². The van der Waals surface area contributed by atoms with Crippen molar-refractivity contribution in [3.05, 3.63) is 23.9 Å². The van der Waals surface area contributed by atoms with Crippen LogP contribution in [0.15, 0.2) is 18.2 Å². The van der Waals surface area contributed by atoms with Gasteiger partial charge in [-0.3, -0.25) is 4.79 Å². The third kappa shape index (κ3) is 6.70. The number of rotatable bonds is 4. The smallest absolute Gasteiger partial charge is 0.408 e. The molecule has 0 spiro atoms. The molecule has 2 fully saturated rings. The van der Waals surface area contributed by atoms with Crippen LogP contribution in [-0.4, -0.2) is 70.1 Å². The Kier molecular flexibility index (Phi) is 8.98. The minimum absolute atomic E-state index is 0.0301. The summed E-state index contributed by atoms with van der Waals surface area (Å²) in [6.45, 7) is 11.3. The zero-order valence-electron chi connectivity index (χ0n) is 26.9. The lowest BCUT2D eigenvalue weighted by Gasteiger charge is -2.35. The number of aldehydes is 1. The fourth-order valence-corrected chi connectivity index (χ4v) is 6.67. The van der Waals surface area contributed by atoms with Crippen LogP contribution < -0.4 is 14.8 Å². The van der Waals surface area contributed by atoms with E-state index in [0.29, 0.717) is 49.8 Å². The lowest BCUT2D eigenvalue weighted by atomic mass is 9.85. The summed E-state index contributed by atoms with van der Waals surface area (Å²) in [5, 5.41) is 2.77. The highest BCUT2D eigenvalue weighted by Gasteiger charge is 2.54. The van der Waals surface area contributed by atoms with Crippen LogP contribution in [0.1, 0.15) is 85.8 Å². The van der Waals surface area contributed by atoms with Gasteiger partial charge in [-0.2, -0.15) is 8.78 Å². The Morgan fingerprint density at radius 1 is 1.16 bits per heavy atom. The first-order chi connectivity index (χ1) is 21.2. The second-order valence-electron chi connectivity index (χ2n) is 13.8. The maximum Gasteiger partial charge on any atom is 0.408 e. The quantitative estimate of drug-likeness (QED) is 0.421. The maximum atomic E-state index is 16.0. The lowest BCUT2D eigenvalue weighted by molar-refractivity contribution is -0.139. The molecule has 1 saturated heterocycles. The predicted octanol–water partition coefficient (Wildman–Crippen LogP) is 5.80. The van der Waals surface area contributed by atoms with E-state index in [1.165, 1.54) is 4.90 Å². The van der Waals surface area contributed by atoms with Gasteiger partial charge >= 0.3 is 6.09 Å². The van der Waals surface area contributed by atoms with E-state index >= 15 is 8.78 Å². The largest absolute Gasteiger partial charge is 0.494 e. The van der Waals surface area contributed by atoms with E-state index in [9.17, 15) is 14.4 Å². The van der Waals surface area contributed by atoms with Crippen LogP contribution in [0.25, 0.3) is 11.0 Å². The normalized spacial score (nSPS) is 30.6. The molecule has 1 aromatic carbocycles. The first-order valence-electron chi connectivity index (χ1n) is 16.0. The number of halogens is 2. The molecule has 6 atom stereocenters. The molecule has 12 heteroatoms. The second-order valence-corrected chi connectivity index (χ2v) is 13.8. The van der Waals surface area contributed by atoms with E-state index in [1.807, 2.05) is 41.5 Å². The van der Waals surface area contributed by atoms with Gasteiger partial charge in [0.05, 0.1) is 30.2 Å². The fraction of sp³-hybridized carbons (Fsp3) is 0.667. The summed E-state index contributed by atoms with van der Waals surface area (Å²) in [6.07, 6.45) is 1.05. The summed E-state index contributed by atoms with van der Waals surface area (Å²) in [6, 6.07) is 2.97. The topological polar surface area (TPSA) is 120 Å². The SMILES string of the molecule is CCOc1ccc2nc3c(nc2c1)O[C@H]1CN(C(=O)[C@H](C(C)(C)C)NC(=O)O[C@]2(C)C[C@H]2CCCCC3(F)F)[C@H](C=O)[C@@H]1CC. The highest BCUT2D eigenvalue weighted by molar-refractivity contribution is 5.89. The van der Waals surface area contributed by atoms with Gasteiger partial charge in [0.15, 0.2) is 5.69 Å². The van der Waals surface area contributed by atoms with E-state index in [0.717, 1.165) is 0 Å². The van der Waals surface area contributed by atoms with Gasteiger partial charge in [-0.15, -0.1) is 0 Å². The molecule has 5 rings (SSSR count). The first-order valence-corrected chi connectivity index (χ1v) is 16.0. The molecular formula is C33H44F2N4O6. The summed E-state index contributed by atoms with van der Waals surface area (Å²) in [7, 11) is 0. The van der Waals surface area contributed by atoms with Crippen molar-refractivity contribution in [3.63, 3.8) is 0 Å². The van der Waals surface area contributed by atoms with Crippen LogP contribution >= 0.6 is 0 Å². The van der Waals surface area contributed by atoms with Crippen molar-refractivity contribution < 1.29 is 37.4 Å². The zero-order chi connectivity index (χ0) is 32.7. The molecule has 1 saturated carbocycles. The number of amides is 2. The van der Waals surface area contributed by atoms with Crippen molar-refractivity contribution in [1.82, 2.24) is 20.2 Å². The van der Waals surface area contributed by atoms with Crippen molar-refractivity contribution in [2.75, 3.05) is 13.2 Å². The number of alkyl carbamates (subject to hydrolysis) is 1. The van der Waals surface area contributed by atoms with E-state index in [2.05, 4.69) is 15.3 Å². The van der Waals surface area contributed by atoms with Gasteiger partial charge in [-0.25, -0.2) is 14.8 Å². The summed E-state index contributed by atoms with van der Waals surface area (Å²) >= 11 is 0. The van der Waals surface area contributed by atoms with E-state index in [1.54, 1.807) is 18.2 Å². The number of alkyl halides is 2. The Bertz CT molecular complexity index is 1450. The standard InChI is InChI=1S/C33H44F2N4O6/c1-7-21-24(18-40)39-17-25(21)44-28-26(36-22-13-12-20(43-8-2)15-23(22)37-28)33(34,35)14-10-9-11-19-16-32(19,6)45-30(42)38-27(29(39)41)31(3,4)5/h12-13,15,18-19,21,24-25,27H,7-11,14,16-17H2,1-6H3,(H,38,42)/t19-,21+,24-,25+,27-,32-/m1/s1. The molecule has 1 N–H and O–H groups in total. The third-order valence-electron chi connectivity index (χ3n) is 9.42. The summed E-state index contributed by atoms with van der Waals surface area (Å²) in [4.78, 5) is 49.9. The van der Waals surface area contributed by atoms with Crippen molar-refractivity contribution in [1.29, 1.82) is 0 Å². The molecule has 45 heavy (non-hydrogen) atoms. The van der Waals surface area contributed by atoms with Crippen LogP contribution in [0, 0.1) is 17.3 Å². The lowest BCUT2D eigenvalue weighted by Crippen LogP contribution is -2.56. The molecule has 0 radical (unpaired) electrons. The van der Waals surface area contributed by atoms with Crippen molar-refractivity contribution >= 4 is 29.3 Å². The fourth-order valence-electron chi connectivity index (χ4n) is 6.67. The molecule has 10 nitrogen and oxygen atoms in total. The number of aromatic nitrogens is 2. The van der Waals surface area contributed by atoms with Crippen molar-refractivity contribution in [3.8, 4) is 11.6 Å². The van der Waals surface area contributed by atoms with Gasteiger partial charge in [-0.05, 0) is 57.1 Å². The van der Waals surface area contributed by atoms with E-state index < -0.39 is 65.2 Å². The Morgan fingerprint density at radius 2 is 1.91 bits per heavy atom. The Hall–Kier alpha value is -3.57. The Morgan fingerprint density at radius 3 is 2.58 bits per heavy atom. The zero-order valence-corrected chi connectivity index (χ0v) is 26.9. The molecule has 1 aliphatic carbocycles. The Labute approximate surface area is 262 Å². The predicted molar refractivity (Wildman–Crippen MR) is 162 cm³/mol. The van der Waals surface area contributed by atoms with Gasteiger partial charge < -0.3 is 29.2 Å². The second kappa shape index (κ2) is 12.3. The minimum atomic E-state index is -3.36. The number of hydrogen-bond acceptors (Lipinski definition) is 8. The number of carbonyl (C=O) groups excluding carboxylic acids is 3. The summed E-state index contributed by atoms with van der Waals surface area (Å²) in [5.74, 6) is -4.13. The molecule has 3 heterocycles. The highest BCUT2D eigenvalue weighted by Crippen LogP contribution is 2.50. The number of benzene rings is 1. The monoisotopic (exact) mass is 630 g/mol. The number of nitrogens with one attached hydrogen (secondary N) is 1. The number of hydrogen-bond donors (Lipinski definition) is 1. The number of carbonyl (C=O) groups is 3. The number of nitrogens with zero attached hydrogens (tertiary/aromatic N) is 3. The van der Waals surface area contributed by atoms with Crippen molar-refractivity contribution in [2.45, 2.75) is 110 Å². The molecule has 2 aromatic rings. The molecule has 3 aliphatic rings. The average molecular weight is 631 g/mol. The highest BCUT2D eigenvalue weighted by atomic mass is 19.3. The first kappa shape index (κ1) is 32.8. The molecule has 2 bridgehead atoms. The van der Waals surface area contributed by atoms with Crippen LogP contribution in [0.5, 0.6) is 11.6 Å². The maximum absolute atomic E-state index is 16.0. The van der Waals surface area contributed by atoms with E-state index in [4.69, 9.17) is 14.2 Å². The van der Waals surface area contributed by atoms with Crippen LogP contribution in [0.4, 0.5) is 13.6 Å². The third-order valence-corrected chi connectivity index (χ3v) is 9.42. The molecule has 2 aliphatic heterocycles.